The van der Waals surface area contributed by atoms with Gasteiger partial charge in [0.25, 0.3) is 0 Å². The average molecular weight is 199 g/mol. The molecule has 0 fully saturated rings. The summed E-state index contributed by atoms with van der Waals surface area (Å²) in [5.74, 6) is -0.167. The van der Waals surface area contributed by atoms with Crippen molar-refractivity contribution in [2.75, 3.05) is 0 Å². The van der Waals surface area contributed by atoms with Crippen molar-refractivity contribution in [1.82, 2.24) is 0 Å². The average Bonchev–Trinajstić information content (AvgIpc) is 2.25. The highest BCUT2D eigenvalue weighted by Gasteiger charge is 2.01. The normalized spacial score (nSPS) is 10.1. The first-order chi connectivity index (χ1) is 7.25. The molecule has 0 saturated carbocycles. The molecule has 0 aliphatic rings. The summed E-state index contributed by atoms with van der Waals surface area (Å²) in [5, 5.41) is 18.5. The summed E-state index contributed by atoms with van der Waals surface area (Å²) < 4.78 is 0. The molecule has 0 spiro atoms. The Morgan fingerprint density at radius 2 is 1.87 bits per heavy atom. The second-order valence-corrected chi connectivity index (χ2v) is 3.39. The molecule has 0 heterocycles. The largest absolute Gasteiger partial charge is 0.504 e. The molecule has 0 saturated heterocycles. The quantitative estimate of drug-likeness (QED) is 0.729. The predicted octanol–water partition coefficient (Wildman–Crippen LogP) is 2.49. The van der Waals surface area contributed by atoms with Crippen LogP contribution >= 0.6 is 0 Å². The molecule has 0 amide bonds. The molecule has 1 radical (unpaired) electrons. The fraction of sp³-hybridized carbons (Fsp3) is 0.0769. The van der Waals surface area contributed by atoms with E-state index in [-0.39, 0.29) is 11.5 Å². The van der Waals surface area contributed by atoms with Gasteiger partial charge in [-0.15, -0.1) is 0 Å². The Bertz CT molecular complexity index is 449. The minimum absolute atomic E-state index is 0.0802. The topological polar surface area (TPSA) is 40.5 Å². The van der Waals surface area contributed by atoms with Crippen molar-refractivity contribution >= 4 is 0 Å². The second-order valence-electron chi connectivity index (χ2n) is 3.39. The number of phenols is 2. The lowest BCUT2D eigenvalue weighted by Crippen LogP contribution is -1.87. The van der Waals surface area contributed by atoms with E-state index in [0.29, 0.717) is 6.42 Å². The molecule has 0 aliphatic heterocycles. The summed E-state index contributed by atoms with van der Waals surface area (Å²) in [6.45, 7) is 0. The first kappa shape index (κ1) is 9.59. The van der Waals surface area contributed by atoms with Crippen molar-refractivity contribution in [2.24, 2.45) is 0 Å². The van der Waals surface area contributed by atoms with Gasteiger partial charge in [-0.3, -0.25) is 0 Å². The van der Waals surface area contributed by atoms with Crippen LogP contribution in [0.15, 0.2) is 42.5 Å². The SMILES string of the molecule is Oc1ccc(Cc2[c]cccc2)cc1O. The van der Waals surface area contributed by atoms with E-state index in [1.165, 1.54) is 6.07 Å². The second kappa shape index (κ2) is 4.05. The summed E-state index contributed by atoms with van der Waals surface area (Å²) in [4.78, 5) is 0. The molecule has 0 aromatic heterocycles. The molecule has 2 N–H and O–H groups in total. The zero-order valence-electron chi connectivity index (χ0n) is 8.14. The van der Waals surface area contributed by atoms with E-state index < -0.39 is 0 Å². The summed E-state index contributed by atoms with van der Waals surface area (Å²) in [6, 6.07) is 15.7. The highest BCUT2D eigenvalue weighted by Crippen LogP contribution is 2.25. The van der Waals surface area contributed by atoms with Gasteiger partial charge in [0.2, 0.25) is 0 Å². The van der Waals surface area contributed by atoms with Crippen LogP contribution in [-0.4, -0.2) is 10.2 Å². The van der Waals surface area contributed by atoms with Crippen LogP contribution in [0.5, 0.6) is 11.5 Å². The van der Waals surface area contributed by atoms with Gasteiger partial charge in [-0.25, -0.2) is 0 Å². The van der Waals surface area contributed by atoms with Crippen LogP contribution in [0.4, 0.5) is 0 Å². The zero-order chi connectivity index (χ0) is 10.7. The van der Waals surface area contributed by atoms with Crippen LogP contribution in [0.25, 0.3) is 0 Å². The van der Waals surface area contributed by atoms with E-state index in [2.05, 4.69) is 6.07 Å². The molecule has 2 aromatic rings. The summed E-state index contributed by atoms with van der Waals surface area (Å²) in [7, 11) is 0. The monoisotopic (exact) mass is 199 g/mol. The smallest absolute Gasteiger partial charge is 0.157 e. The van der Waals surface area contributed by atoms with Gasteiger partial charge in [0.15, 0.2) is 11.5 Å². The number of hydrogen-bond acceptors (Lipinski definition) is 2. The van der Waals surface area contributed by atoms with Crippen LogP contribution < -0.4 is 0 Å². The van der Waals surface area contributed by atoms with Crippen LogP contribution in [0.1, 0.15) is 11.1 Å². The Balaban J connectivity index is 2.22. The van der Waals surface area contributed by atoms with E-state index in [9.17, 15) is 5.11 Å². The fourth-order valence-electron chi connectivity index (χ4n) is 1.44. The zero-order valence-corrected chi connectivity index (χ0v) is 8.14. The van der Waals surface area contributed by atoms with E-state index >= 15 is 0 Å². The highest BCUT2D eigenvalue weighted by atomic mass is 16.3. The maximum absolute atomic E-state index is 9.32. The van der Waals surface area contributed by atoms with Crippen molar-refractivity contribution in [3.8, 4) is 11.5 Å². The molecule has 0 aliphatic carbocycles. The minimum Gasteiger partial charge on any atom is -0.504 e. The van der Waals surface area contributed by atoms with E-state index in [0.717, 1.165) is 11.1 Å². The van der Waals surface area contributed by atoms with Crippen LogP contribution in [0.2, 0.25) is 0 Å². The molecule has 2 aromatic carbocycles. The lowest BCUT2D eigenvalue weighted by atomic mass is 10.0. The number of phenolic OH excluding ortho intramolecular Hbond substituents is 2. The van der Waals surface area contributed by atoms with Crippen LogP contribution in [0.3, 0.4) is 0 Å². The Labute approximate surface area is 88.4 Å². The Morgan fingerprint density at radius 1 is 1.00 bits per heavy atom. The fourth-order valence-corrected chi connectivity index (χ4v) is 1.44. The Morgan fingerprint density at radius 3 is 2.53 bits per heavy atom. The molecular formula is C13H11O2. The number of aromatic hydroxyl groups is 2. The van der Waals surface area contributed by atoms with Crippen molar-refractivity contribution in [1.29, 1.82) is 0 Å². The van der Waals surface area contributed by atoms with Gasteiger partial charge in [0, 0.05) is 0 Å². The molecule has 0 bridgehead atoms. The lowest BCUT2D eigenvalue weighted by molar-refractivity contribution is 0.403. The molecule has 2 heteroatoms. The van der Waals surface area contributed by atoms with Crippen LogP contribution in [-0.2, 0) is 6.42 Å². The van der Waals surface area contributed by atoms with Gasteiger partial charge in [-0.1, -0.05) is 30.3 Å². The predicted molar refractivity (Wildman–Crippen MR) is 57.9 cm³/mol. The van der Waals surface area contributed by atoms with Gasteiger partial charge >= 0.3 is 0 Å². The Hall–Kier alpha value is -1.96. The lowest BCUT2D eigenvalue weighted by Gasteiger charge is -2.03. The molecule has 2 nitrogen and oxygen atoms in total. The molecule has 75 valence electrons. The van der Waals surface area contributed by atoms with Crippen molar-refractivity contribution < 1.29 is 10.2 Å². The van der Waals surface area contributed by atoms with E-state index in [4.69, 9.17) is 5.11 Å². The highest BCUT2D eigenvalue weighted by molar-refractivity contribution is 5.41. The Kier molecular flexibility index (Phi) is 2.59. The number of hydrogen-bond donors (Lipinski definition) is 2. The maximum atomic E-state index is 9.32. The first-order valence-electron chi connectivity index (χ1n) is 4.72. The first-order valence-corrected chi connectivity index (χ1v) is 4.72. The molecule has 0 atom stereocenters. The van der Waals surface area contributed by atoms with Crippen LogP contribution in [0, 0.1) is 6.07 Å². The third-order valence-electron chi connectivity index (χ3n) is 2.21. The summed E-state index contributed by atoms with van der Waals surface area (Å²) >= 11 is 0. The van der Waals surface area contributed by atoms with Gasteiger partial charge < -0.3 is 10.2 Å². The van der Waals surface area contributed by atoms with Gasteiger partial charge in [0.05, 0.1) is 0 Å². The number of rotatable bonds is 2. The van der Waals surface area contributed by atoms with Crippen molar-refractivity contribution in [3.05, 3.63) is 59.7 Å². The minimum atomic E-state index is -0.0872. The van der Waals surface area contributed by atoms with Gasteiger partial charge in [-0.05, 0) is 35.7 Å². The van der Waals surface area contributed by atoms with Gasteiger partial charge in [0.1, 0.15) is 0 Å². The third-order valence-corrected chi connectivity index (χ3v) is 2.21. The molecule has 2 rings (SSSR count). The maximum Gasteiger partial charge on any atom is 0.157 e. The third kappa shape index (κ3) is 2.29. The summed E-state index contributed by atoms with van der Waals surface area (Å²) in [6.07, 6.45) is 0.703. The molecule has 0 unspecified atom stereocenters. The van der Waals surface area contributed by atoms with E-state index in [1.54, 1.807) is 12.1 Å². The van der Waals surface area contributed by atoms with Crippen molar-refractivity contribution in [2.45, 2.75) is 6.42 Å². The number of benzene rings is 2. The standard InChI is InChI=1S/C13H11O2/c14-12-7-6-11(9-13(12)15)8-10-4-2-1-3-5-10/h1-4,6-7,9,14-15H,8H2. The summed E-state index contributed by atoms with van der Waals surface area (Å²) in [5.41, 5.74) is 2.01. The molecular weight excluding hydrogens is 188 g/mol. The van der Waals surface area contributed by atoms with Crippen molar-refractivity contribution in [3.63, 3.8) is 0 Å². The van der Waals surface area contributed by atoms with E-state index in [1.807, 2.05) is 24.3 Å². The van der Waals surface area contributed by atoms with Gasteiger partial charge in [-0.2, -0.15) is 0 Å². The molecule has 15 heavy (non-hydrogen) atoms.